The first-order valence-electron chi connectivity index (χ1n) is 0.577. The van der Waals surface area contributed by atoms with Crippen LogP contribution < -0.4 is 0 Å². The second-order valence-corrected chi connectivity index (χ2v) is 0. The Bertz CT molecular complexity index is 15.7. The molecule has 0 aromatic heterocycles. The van der Waals surface area contributed by atoms with Crippen molar-refractivity contribution < 1.29 is 13.8 Å². The number of rotatable bonds is 0. The second-order valence-electron chi connectivity index (χ2n) is 0. The fourth-order valence-electron chi connectivity index (χ4n) is 0. The molecule has 0 bridgehead atoms. The predicted octanol–water partition coefficient (Wildman–Crippen LogP) is -1.60. The van der Waals surface area contributed by atoms with Gasteiger partial charge in [-0.3, -0.25) is 0 Å². The molecule has 30 valence electrons. The standard InChI is InChI=1S/CH3B.Ca.2H2O.2H/c1-2;;;;;/h1H3;;2*1H2;;/q;+2;;;2*-1. The first-order chi connectivity index (χ1) is 1.00. The number of hydrogen-bond donors (Lipinski definition) is 0. The maximum Gasteiger partial charge on any atom is 2.00 e. The van der Waals surface area contributed by atoms with E-state index < -0.39 is 0 Å². The average Bonchev–Trinajstić information content (AvgIpc) is 1.00. The zero-order chi connectivity index (χ0) is 2.00. The van der Waals surface area contributed by atoms with Gasteiger partial charge in [0.1, 0.15) is 0 Å². The summed E-state index contributed by atoms with van der Waals surface area (Å²) in [6.07, 6.45) is 0. The van der Waals surface area contributed by atoms with Gasteiger partial charge in [-0.25, -0.2) is 0 Å². The molecule has 0 atom stereocenters. The molecule has 0 rings (SSSR count). The zero-order valence-electron chi connectivity index (χ0n) is 5.28. The van der Waals surface area contributed by atoms with Crippen molar-refractivity contribution in [1.29, 1.82) is 0 Å². The van der Waals surface area contributed by atoms with E-state index in [-0.39, 0.29) is 51.5 Å². The molecule has 0 unspecified atom stereocenters. The second kappa shape index (κ2) is 61.0. The van der Waals surface area contributed by atoms with Crippen LogP contribution in [0.25, 0.3) is 0 Å². The van der Waals surface area contributed by atoms with Crippen LogP contribution in [-0.4, -0.2) is 56.5 Å². The normalized spacial score (nSPS) is 1.00. The first kappa shape index (κ1) is 34.1. The van der Waals surface area contributed by atoms with Crippen LogP contribution in [0, 0.1) is 0 Å². The minimum atomic E-state index is 0. The van der Waals surface area contributed by atoms with Gasteiger partial charge in [-0.1, -0.05) is 6.82 Å². The fraction of sp³-hybridized carbons (Fsp3) is 1.00. The van der Waals surface area contributed by atoms with E-state index in [2.05, 4.69) is 7.85 Å². The molecule has 4 heteroatoms. The van der Waals surface area contributed by atoms with Crippen molar-refractivity contribution in [2.75, 3.05) is 0 Å². The van der Waals surface area contributed by atoms with Crippen molar-refractivity contribution in [2.45, 2.75) is 6.82 Å². The molecule has 0 heterocycles. The Labute approximate surface area is 65.9 Å². The summed E-state index contributed by atoms with van der Waals surface area (Å²) in [5.74, 6) is 0. The Balaban J connectivity index is -0.000000000500. The van der Waals surface area contributed by atoms with Crippen LogP contribution >= 0.6 is 0 Å². The molecule has 0 aromatic rings. The SMILES string of the molecule is O.O.[B]C.[Ca+2].[H-].[H-]. The van der Waals surface area contributed by atoms with Crippen LogP contribution in [0.4, 0.5) is 0 Å². The molecular weight excluding hydrogens is 94.9 g/mol. The molecule has 0 spiro atoms. The summed E-state index contributed by atoms with van der Waals surface area (Å²) < 4.78 is 0. The van der Waals surface area contributed by atoms with E-state index in [0.29, 0.717) is 0 Å². The van der Waals surface area contributed by atoms with Gasteiger partial charge in [0.2, 0.25) is 0 Å². The molecule has 0 aromatic carbocycles. The molecule has 2 radical (unpaired) electrons. The van der Waals surface area contributed by atoms with Crippen LogP contribution in [0.15, 0.2) is 0 Å². The molecule has 0 fully saturated rings. The molecule has 0 amide bonds. The van der Waals surface area contributed by atoms with Crippen LogP contribution in [0.1, 0.15) is 2.85 Å². The van der Waals surface area contributed by atoms with E-state index in [1.165, 1.54) is 6.82 Å². The van der Waals surface area contributed by atoms with E-state index in [1.54, 1.807) is 0 Å². The van der Waals surface area contributed by atoms with Crippen LogP contribution in [0.5, 0.6) is 0 Å². The van der Waals surface area contributed by atoms with E-state index in [0.717, 1.165) is 0 Å². The maximum absolute atomic E-state index is 4.50. The van der Waals surface area contributed by atoms with E-state index in [4.69, 9.17) is 0 Å². The van der Waals surface area contributed by atoms with Gasteiger partial charge in [0, 0.05) is 0 Å². The summed E-state index contributed by atoms with van der Waals surface area (Å²) in [5, 5.41) is 0. The maximum atomic E-state index is 4.50. The van der Waals surface area contributed by atoms with Crippen molar-refractivity contribution in [1.82, 2.24) is 0 Å². The minimum absolute atomic E-state index is 0. The van der Waals surface area contributed by atoms with Gasteiger partial charge in [-0.15, -0.1) is 0 Å². The van der Waals surface area contributed by atoms with Gasteiger partial charge < -0.3 is 13.8 Å². The molecule has 0 aliphatic carbocycles. The van der Waals surface area contributed by atoms with Crippen LogP contribution in [-0.2, 0) is 0 Å². The summed E-state index contributed by atoms with van der Waals surface area (Å²) in [6, 6.07) is 0. The third-order valence-corrected chi connectivity index (χ3v) is 0. The first-order valence-corrected chi connectivity index (χ1v) is 0.577. The molecule has 4 N–H and O–H groups in total. The third kappa shape index (κ3) is 35.6. The van der Waals surface area contributed by atoms with E-state index in [9.17, 15) is 0 Å². The molecule has 0 saturated carbocycles. The molecular formula is CH9BCaO2. The Kier molecular flexibility index (Phi) is 416. The van der Waals surface area contributed by atoms with Crippen molar-refractivity contribution in [3.05, 3.63) is 0 Å². The largest absolute Gasteiger partial charge is 2.00 e. The Morgan fingerprint density at radius 3 is 1.20 bits per heavy atom. The summed E-state index contributed by atoms with van der Waals surface area (Å²) in [6.45, 7) is 1.50. The molecule has 2 nitrogen and oxygen atoms in total. The van der Waals surface area contributed by atoms with Gasteiger partial charge in [0.15, 0.2) is 0 Å². The summed E-state index contributed by atoms with van der Waals surface area (Å²) >= 11 is 0. The summed E-state index contributed by atoms with van der Waals surface area (Å²) in [7, 11) is 4.50. The molecule has 0 aliphatic rings. The van der Waals surface area contributed by atoms with Gasteiger partial charge >= 0.3 is 37.7 Å². The minimum Gasteiger partial charge on any atom is -1.00 e. The smallest absolute Gasteiger partial charge is 1.00 e. The Morgan fingerprint density at radius 1 is 1.20 bits per heavy atom. The Morgan fingerprint density at radius 2 is 1.20 bits per heavy atom. The third-order valence-electron chi connectivity index (χ3n) is 0. The molecule has 0 aliphatic heterocycles. The Hall–Kier alpha value is 1.24. The van der Waals surface area contributed by atoms with Gasteiger partial charge in [0.05, 0.1) is 7.85 Å². The summed E-state index contributed by atoms with van der Waals surface area (Å²) in [4.78, 5) is 0. The number of hydrogen-bond acceptors (Lipinski definition) is 0. The van der Waals surface area contributed by atoms with Gasteiger partial charge in [-0.05, 0) is 0 Å². The van der Waals surface area contributed by atoms with Gasteiger partial charge in [-0.2, -0.15) is 0 Å². The average molecular weight is 104 g/mol. The summed E-state index contributed by atoms with van der Waals surface area (Å²) in [5.41, 5.74) is 0. The van der Waals surface area contributed by atoms with Crippen molar-refractivity contribution in [3.8, 4) is 0 Å². The fourth-order valence-corrected chi connectivity index (χ4v) is 0. The van der Waals surface area contributed by atoms with Crippen molar-refractivity contribution in [3.63, 3.8) is 0 Å². The topological polar surface area (TPSA) is 63.0 Å². The van der Waals surface area contributed by atoms with Crippen molar-refractivity contribution in [2.24, 2.45) is 0 Å². The van der Waals surface area contributed by atoms with E-state index >= 15 is 0 Å². The van der Waals surface area contributed by atoms with Crippen molar-refractivity contribution >= 4 is 45.6 Å². The molecule has 0 saturated heterocycles. The van der Waals surface area contributed by atoms with E-state index in [1.807, 2.05) is 0 Å². The predicted molar refractivity (Wildman–Crippen MR) is 26.8 cm³/mol. The monoisotopic (exact) mass is 104 g/mol. The zero-order valence-corrected chi connectivity index (χ0v) is 5.49. The quantitative estimate of drug-likeness (QED) is 0.332. The molecule has 5 heavy (non-hydrogen) atoms. The van der Waals surface area contributed by atoms with Crippen LogP contribution in [0.3, 0.4) is 0 Å². The van der Waals surface area contributed by atoms with Gasteiger partial charge in [0.25, 0.3) is 0 Å². The van der Waals surface area contributed by atoms with Crippen LogP contribution in [0.2, 0.25) is 6.82 Å².